The van der Waals surface area contributed by atoms with Crippen LogP contribution in [-0.2, 0) is 41.8 Å². The lowest BCUT2D eigenvalue weighted by Crippen LogP contribution is -2.14. The number of esters is 3. The molecule has 1 unspecified atom stereocenters. The Morgan fingerprint density at radius 2 is 1.31 bits per heavy atom. The lowest BCUT2D eigenvalue weighted by molar-refractivity contribution is -0.148. The molecule has 0 heterocycles. The van der Waals surface area contributed by atoms with Gasteiger partial charge in [0.2, 0.25) is 0 Å². The number of hydrogen-bond donors (Lipinski definition) is 0. The van der Waals surface area contributed by atoms with Crippen LogP contribution in [0.3, 0.4) is 0 Å². The normalized spacial score (nSPS) is 11.6. The molecule has 0 bridgehead atoms. The zero-order valence-electron chi connectivity index (χ0n) is 31.8. The van der Waals surface area contributed by atoms with Gasteiger partial charge in [0, 0.05) is 6.08 Å². The molecule has 3 aromatic rings. The number of carbonyl (C=O) groups excluding carboxylic acids is 3. The van der Waals surface area contributed by atoms with E-state index in [9.17, 15) is 19.6 Å². The van der Waals surface area contributed by atoms with E-state index >= 15 is 0 Å². The molecule has 0 saturated carbocycles. The van der Waals surface area contributed by atoms with Crippen molar-refractivity contribution in [3.8, 4) is 34.8 Å². The van der Waals surface area contributed by atoms with Gasteiger partial charge in [-0.05, 0) is 109 Å². The van der Waals surface area contributed by atoms with Crippen molar-refractivity contribution in [2.45, 2.75) is 59.2 Å². The number of rotatable bonds is 22. The summed E-state index contributed by atoms with van der Waals surface area (Å²) in [5.41, 5.74) is 2.79. The topological polar surface area (TPSA) is 149 Å². The van der Waals surface area contributed by atoms with Crippen LogP contribution >= 0.6 is 0 Å². The average molecular weight is 744 g/mol. The molecule has 0 N–H and O–H groups in total. The third-order valence-corrected chi connectivity index (χ3v) is 8.21. The van der Waals surface area contributed by atoms with Gasteiger partial charge in [-0.25, -0.2) is 9.59 Å². The second-order valence-electron chi connectivity index (χ2n) is 12.1. The number of unbranched alkanes of at least 4 members (excludes halogenated alkanes) is 3. The number of nitrogens with zero attached hydrogens (tertiary/aromatic N) is 1. The molecular formula is C42H49NO11. The SMILES string of the molecule is CCC(C)C(=O)OCCCCCCOc1cc(COc2ccc(/C=C/C(=O)OC)cc2OC)cc(COc2ccc(/C=C(\C#N)C(=O)OC)cc2OC)c1. The number of carbonyl (C=O) groups is 3. The number of methoxy groups -OCH3 is 4. The summed E-state index contributed by atoms with van der Waals surface area (Å²) in [6.45, 7) is 5.11. The molecule has 3 aromatic carbocycles. The van der Waals surface area contributed by atoms with Crippen molar-refractivity contribution >= 4 is 30.1 Å². The summed E-state index contributed by atoms with van der Waals surface area (Å²) in [6.07, 6.45) is 8.58. The van der Waals surface area contributed by atoms with Crippen LogP contribution in [0.1, 0.15) is 68.2 Å². The number of ether oxygens (including phenoxy) is 8. The monoisotopic (exact) mass is 743 g/mol. The molecule has 0 amide bonds. The maximum absolute atomic E-state index is 11.9. The zero-order chi connectivity index (χ0) is 39.3. The molecule has 0 aliphatic rings. The lowest BCUT2D eigenvalue weighted by atomic mass is 10.1. The standard InChI is InChI=1S/C42H49NO11/c1-7-29(2)41(45)52-19-11-9-8-10-18-51-35-22-32(27-53-36-15-12-30(24-38(36)47-3)14-17-40(44)49-5)20-33(23-35)28-54-37-16-13-31(25-39(37)48-4)21-34(26-43)42(46)50-6/h12-17,20-25,29H,7-11,18-19,27-28H2,1-6H3/b17-14+,34-21+. The Bertz CT molecular complexity index is 1810. The molecule has 1 atom stereocenters. The Kier molecular flexibility index (Phi) is 18.0. The van der Waals surface area contributed by atoms with Crippen LogP contribution in [0.2, 0.25) is 0 Å². The van der Waals surface area contributed by atoms with Gasteiger partial charge in [0.05, 0.1) is 47.6 Å². The van der Waals surface area contributed by atoms with E-state index < -0.39 is 11.9 Å². The molecule has 3 rings (SSSR count). The molecule has 54 heavy (non-hydrogen) atoms. The Hall–Kier alpha value is -5.96. The molecule has 0 saturated heterocycles. The highest BCUT2D eigenvalue weighted by Gasteiger charge is 2.14. The van der Waals surface area contributed by atoms with Crippen LogP contribution in [0.15, 0.2) is 66.2 Å². The van der Waals surface area contributed by atoms with E-state index in [0.29, 0.717) is 47.5 Å². The summed E-state index contributed by atoms with van der Waals surface area (Å²) in [5, 5.41) is 9.33. The van der Waals surface area contributed by atoms with Crippen LogP contribution in [0.25, 0.3) is 12.2 Å². The Balaban J connectivity index is 1.74. The Morgan fingerprint density at radius 1 is 0.722 bits per heavy atom. The molecule has 12 heteroatoms. The summed E-state index contributed by atoms with van der Waals surface area (Å²) < 4.78 is 44.3. The fourth-order valence-electron chi connectivity index (χ4n) is 4.98. The van der Waals surface area contributed by atoms with Gasteiger partial charge in [-0.15, -0.1) is 0 Å². The van der Waals surface area contributed by atoms with Crippen molar-refractivity contribution in [2.24, 2.45) is 5.92 Å². The van der Waals surface area contributed by atoms with E-state index in [1.54, 1.807) is 42.5 Å². The van der Waals surface area contributed by atoms with Crippen LogP contribution in [0, 0.1) is 17.2 Å². The van der Waals surface area contributed by atoms with Gasteiger partial charge in [0.15, 0.2) is 23.0 Å². The van der Waals surface area contributed by atoms with Crippen LogP contribution in [-0.4, -0.2) is 59.6 Å². The minimum absolute atomic E-state index is 0.0814. The smallest absolute Gasteiger partial charge is 0.348 e. The third-order valence-electron chi connectivity index (χ3n) is 8.21. The van der Waals surface area contributed by atoms with Crippen molar-refractivity contribution < 1.29 is 52.3 Å². The maximum atomic E-state index is 11.9. The van der Waals surface area contributed by atoms with Gasteiger partial charge in [0.1, 0.15) is 30.6 Å². The molecule has 0 aliphatic heterocycles. The highest BCUT2D eigenvalue weighted by atomic mass is 16.5. The largest absolute Gasteiger partial charge is 0.494 e. The second kappa shape index (κ2) is 22.9. The first-order chi connectivity index (χ1) is 26.1. The highest BCUT2D eigenvalue weighted by Crippen LogP contribution is 2.32. The quantitative estimate of drug-likeness (QED) is 0.0327. The summed E-state index contributed by atoms with van der Waals surface area (Å²) in [4.78, 5) is 35.3. The predicted octanol–water partition coefficient (Wildman–Crippen LogP) is 7.66. The van der Waals surface area contributed by atoms with Gasteiger partial charge < -0.3 is 37.9 Å². The number of hydrogen-bond acceptors (Lipinski definition) is 12. The van der Waals surface area contributed by atoms with Gasteiger partial charge in [-0.1, -0.05) is 26.0 Å². The Labute approximate surface area is 317 Å². The molecule has 288 valence electrons. The molecule has 0 aromatic heterocycles. The van der Waals surface area contributed by atoms with E-state index in [0.717, 1.165) is 48.8 Å². The van der Waals surface area contributed by atoms with Crippen molar-refractivity contribution in [1.82, 2.24) is 0 Å². The van der Waals surface area contributed by atoms with E-state index in [4.69, 9.17) is 28.4 Å². The van der Waals surface area contributed by atoms with Crippen LogP contribution in [0.5, 0.6) is 28.7 Å². The third kappa shape index (κ3) is 13.9. The number of benzene rings is 3. The first-order valence-corrected chi connectivity index (χ1v) is 17.6. The Morgan fingerprint density at radius 3 is 1.87 bits per heavy atom. The molecular weight excluding hydrogens is 694 g/mol. The van der Waals surface area contributed by atoms with Crippen molar-refractivity contribution in [3.63, 3.8) is 0 Å². The van der Waals surface area contributed by atoms with Gasteiger partial charge >= 0.3 is 17.9 Å². The average Bonchev–Trinajstić information content (AvgIpc) is 3.20. The first kappa shape index (κ1) is 42.5. The van der Waals surface area contributed by atoms with E-state index in [-0.39, 0.29) is 30.7 Å². The van der Waals surface area contributed by atoms with E-state index in [2.05, 4.69) is 9.47 Å². The molecule has 0 spiro atoms. The fraction of sp³-hybridized carbons (Fsp3) is 0.381. The zero-order valence-corrected chi connectivity index (χ0v) is 31.8. The van der Waals surface area contributed by atoms with Gasteiger partial charge in [0.25, 0.3) is 0 Å². The summed E-state index contributed by atoms with van der Waals surface area (Å²) in [6, 6.07) is 18.0. The first-order valence-electron chi connectivity index (χ1n) is 17.6. The van der Waals surface area contributed by atoms with Crippen LogP contribution in [0.4, 0.5) is 0 Å². The van der Waals surface area contributed by atoms with Gasteiger partial charge in [-0.2, -0.15) is 5.26 Å². The van der Waals surface area contributed by atoms with Gasteiger partial charge in [-0.3, -0.25) is 4.79 Å². The minimum Gasteiger partial charge on any atom is -0.494 e. The molecule has 0 fully saturated rings. The van der Waals surface area contributed by atoms with Crippen molar-refractivity contribution in [2.75, 3.05) is 41.7 Å². The van der Waals surface area contributed by atoms with Crippen molar-refractivity contribution in [3.05, 3.63) is 88.5 Å². The van der Waals surface area contributed by atoms with Crippen molar-refractivity contribution in [1.29, 1.82) is 5.26 Å². The summed E-state index contributed by atoms with van der Waals surface area (Å²) in [7, 11) is 5.57. The predicted molar refractivity (Wildman–Crippen MR) is 202 cm³/mol. The second-order valence-corrected chi connectivity index (χ2v) is 12.1. The highest BCUT2D eigenvalue weighted by molar-refractivity contribution is 5.97. The summed E-state index contributed by atoms with van der Waals surface area (Å²) in [5.74, 6) is 1.09. The van der Waals surface area contributed by atoms with Crippen LogP contribution < -0.4 is 23.7 Å². The fourth-order valence-corrected chi connectivity index (χ4v) is 4.98. The maximum Gasteiger partial charge on any atom is 0.348 e. The van der Waals surface area contributed by atoms with E-state index in [1.165, 1.54) is 40.6 Å². The minimum atomic E-state index is -0.735. The lowest BCUT2D eigenvalue weighted by Gasteiger charge is -2.15. The number of nitriles is 1. The molecule has 12 nitrogen and oxygen atoms in total. The summed E-state index contributed by atoms with van der Waals surface area (Å²) >= 11 is 0. The molecule has 0 aliphatic carbocycles. The molecule has 0 radical (unpaired) electrons. The van der Waals surface area contributed by atoms with E-state index in [1.807, 2.05) is 38.1 Å².